The average molecular weight is 365 g/mol. The fourth-order valence-corrected chi connectivity index (χ4v) is 2.25. The third kappa shape index (κ3) is 4.48. The summed E-state index contributed by atoms with van der Waals surface area (Å²) in [7, 11) is 1.49. The normalized spacial score (nSPS) is 10.9. The van der Waals surface area contributed by atoms with E-state index in [1.54, 1.807) is 12.1 Å². The van der Waals surface area contributed by atoms with Gasteiger partial charge in [0.2, 0.25) is 11.8 Å². The van der Waals surface area contributed by atoms with E-state index in [0.717, 1.165) is 0 Å². The number of hydrogen-bond acceptors (Lipinski definition) is 3. The SMILES string of the molecule is COc1ccc(NC(=O)C(C)(C)C(=O)Nc2cccc(F)c2)cc1Cl. The standard InChI is InChI=1S/C18H18ClFN2O3/c1-18(2,16(23)21-12-6-4-5-11(20)9-12)17(24)22-13-7-8-15(25-3)14(19)10-13/h4-10H,1-3H3,(H,21,23)(H,22,24). The number of benzene rings is 2. The van der Waals surface area contributed by atoms with Crippen LogP contribution in [0.3, 0.4) is 0 Å². The summed E-state index contributed by atoms with van der Waals surface area (Å²) in [5, 5.41) is 5.51. The van der Waals surface area contributed by atoms with Crippen LogP contribution in [0.4, 0.5) is 15.8 Å². The van der Waals surface area contributed by atoms with Crippen molar-refractivity contribution < 1.29 is 18.7 Å². The molecule has 0 unspecified atom stereocenters. The lowest BCUT2D eigenvalue weighted by Gasteiger charge is -2.23. The Hall–Kier alpha value is -2.60. The van der Waals surface area contributed by atoms with Crippen molar-refractivity contribution in [2.75, 3.05) is 17.7 Å². The van der Waals surface area contributed by atoms with Crippen LogP contribution in [-0.2, 0) is 9.59 Å². The van der Waals surface area contributed by atoms with E-state index in [1.165, 1.54) is 51.3 Å². The van der Waals surface area contributed by atoms with Gasteiger partial charge in [0.25, 0.3) is 0 Å². The van der Waals surface area contributed by atoms with Crippen molar-refractivity contribution in [3.05, 3.63) is 53.3 Å². The molecule has 2 aromatic carbocycles. The van der Waals surface area contributed by atoms with Crippen LogP contribution in [0.25, 0.3) is 0 Å². The quantitative estimate of drug-likeness (QED) is 0.785. The predicted molar refractivity (Wildman–Crippen MR) is 95.4 cm³/mol. The smallest absolute Gasteiger partial charge is 0.239 e. The van der Waals surface area contributed by atoms with Crippen LogP contribution < -0.4 is 15.4 Å². The van der Waals surface area contributed by atoms with Crippen molar-refractivity contribution in [3.8, 4) is 5.75 Å². The molecule has 132 valence electrons. The molecule has 0 spiro atoms. The predicted octanol–water partition coefficient (Wildman–Crippen LogP) is 4.09. The summed E-state index contributed by atoms with van der Waals surface area (Å²) in [5.41, 5.74) is -0.681. The van der Waals surface area contributed by atoms with Crippen LogP contribution in [0, 0.1) is 11.2 Å². The first-order valence-corrected chi connectivity index (χ1v) is 7.84. The summed E-state index contributed by atoms with van der Waals surface area (Å²) >= 11 is 6.02. The Morgan fingerprint density at radius 3 is 2.16 bits per heavy atom. The highest BCUT2D eigenvalue weighted by Gasteiger charge is 2.36. The van der Waals surface area contributed by atoms with Gasteiger partial charge in [-0.3, -0.25) is 9.59 Å². The van der Waals surface area contributed by atoms with Crippen LogP contribution in [-0.4, -0.2) is 18.9 Å². The molecule has 2 amide bonds. The number of rotatable bonds is 5. The second-order valence-electron chi connectivity index (χ2n) is 5.89. The molecule has 2 N–H and O–H groups in total. The molecule has 25 heavy (non-hydrogen) atoms. The molecule has 2 rings (SSSR count). The number of methoxy groups -OCH3 is 1. The molecule has 0 saturated carbocycles. The molecule has 7 heteroatoms. The topological polar surface area (TPSA) is 67.4 Å². The van der Waals surface area contributed by atoms with Crippen molar-refractivity contribution in [2.45, 2.75) is 13.8 Å². The van der Waals surface area contributed by atoms with E-state index in [1.807, 2.05) is 0 Å². The maximum atomic E-state index is 13.2. The van der Waals surface area contributed by atoms with Gasteiger partial charge in [0.15, 0.2) is 0 Å². The number of ether oxygens (including phenoxy) is 1. The summed E-state index contributed by atoms with van der Waals surface area (Å²) in [6, 6.07) is 10.2. The zero-order valence-corrected chi connectivity index (χ0v) is 14.8. The summed E-state index contributed by atoms with van der Waals surface area (Å²) in [6.45, 7) is 2.95. The van der Waals surface area contributed by atoms with E-state index in [4.69, 9.17) is 16.3 Å². The van der Waals surface area contributed by atoms with Gasteiger partial charge in [-0.05, 0) is 50.2 Å². The summed E-state index contributed by atoms with van der Waals surface area (Å²) in [5.74, 6) is -1.09. The van der Waals surface area contributed by atoms with E-state index < -0.39 is 23.0 Å². The van der Waals surface area contributed by atoms with Gasteiger partial charge in [-0.1, -0.05) is 17.7 Å². The maximum absolute atomic E-state index is 13.2. The van der Waals surface area contributed by atoms with Gasteiger partial charge >= 0.3 is 0 Å². The van der Waals surface area contributed by atoms with E-state index in [9.17, 15) is 14.0 Å². The van der Waals surface area contributed by atoms with Crippen LogP contribution in [0.2, 0.25) is 5.02 Å². The van der Waals surface area contributed by atoms with Crippen molar-refractivity contribution in [1.29, 1.82) is 0 Å². The molecule has 0 bridgehead atoms. The van der Waals surface area contributed by atoms with Gasteiger partial charge in [0.1, 0.15) is 17.0 Å². The van der Waals surface area contributed by atoms with E-state index in [2.05, 4.69) is 10.6 Å². The first kappa shape index (κ1) is 18.7. The number of amides is 2. The fourth-order valence-electron chi connectivity index (χ4n) is 1.99. The number of halogens is 2. The first-order valence-electron chi connectivity index (χ1n) is 7.46. The van der Waals surface area contributed by atoms with Gasteiger partial charge in [-0.2, -0.15) is 0 Å². The summed E-state index contributed by atoms with van der Waals surface area (Å²) < 4.78 is 18.3. The Labute approximate surface area is 150 Å². The summed E-state index contributed by atoms with van der Waals surface area (Å²) in [4.78, 5) is 24.9. The fraction of sp³-hybridized carbons (Fsp3) is 0.222. The lowest BCUT2D eigenvalue weighted by molar-refractivity contribution is -0.135. The second kappa shape index (κ2) is 7.53. The van der Waals surface area contributed by atoms with Crippen LogP contribution in [0.5, 0.6) is 5.75 Å². The minimum absolute atomic E-state index is 0.276. The van der Waals surface area contributed by atoms with Gasteiger partial charge in [0.05, 0.1) is 12.1 Å². The molecule has 2 aromatic rings. The second-order valence-corrected chi connectivity index (χ2v) is 6.30. The maximum Gasteiger partial charge on any atom is 0.239 e. The average Bonchev–Trinajstić information content (AvgIpc) is 2.55. The Kier molecular flexibility index (Phi) is 5.64. The van der Waals surface area contributed by atoms with Crippen LogP contribution in [0.15, 0.2) is 42.5 Å². The minimum atomic E-state index is -1.39. The number of carbonyl (C=O) groups excluding carboxylic acids is 2. The highest BCUT2D eigenvalue weighted by Crippen LogP contribution is 2.28. The molecule has 0 aliphatic heterocycles. The first-order chi connectivity index (χ1) is 11.7. The molecule has 0 saturated heterocycles. The Balaban J connectivity index is 2.10. The van der Waals surface area contributed by atoms with Crippen LogP contribution in [0.1, 0.15) is 13.8 Å². The van der Waals surface area contributed by atoms with Crippen molar-refractivity contribution in [3.63, 3.8) is 0 Å². The van der Waals surface area contributed by atoms with E-state index >= 15 is 0 Å². The highest BCUT2D eigenvalue weighted by atomic mass is 35.5. The lowest BCUT2D eigenvalue weighted by Crippen LogP contribution is -2.41. The number of hydrogen-bond donors (Lipinski definition) is 2. The molecular weight excluding hydrogens is 347 g/mol. The van der Waals surface area contributed by atoms with Crippen molar-refractivity contribution in [1.82, 2.24) is 0 Å². The van der Waals surface area contributed by atoms with Gasteiger partial charge in [-0.25, -0.2) is 4.39 Å². The molecule has 5 nitrogen and oxygen atoms in total. The highest BCUT2D eigenvalue weighted by molar-refractivity contribution is 6.32. The number of nitrogens with one attached hydrogen (secondary N) is 2. The lowest BCUT2D eigenvalue weighted by atomic mass is 9.90. The van der Waals surface area contributed by atoms with Gasteiger partial charge in [0, 0.05) is 11.4 Å². The molecule has 0 heterocycles. The van der Waals surface area contributed by atoms with Gasteiger partial charge < -0.3 is 15.4 Å². The number of carbonyl (C=O) groups is 2. The van der Waals surface area contributed by atoms with E-state index in [-0.39, 0.29) is 5.69 Å². The zero-order valence-electron chi connectivity index (χ0n) is 14.0. The number of anilines is 2. The zero-order chi connectivity index (χ0) is 18.6. The van der Waals surface area contributed by atoms with Crippen LogP contribution >= 0.6 is 11.6 Å². The molecule has 0 radical (unpaired) electrons. The Bertz CT molecular complexity index is 809. The molecule has 0 atom stereocenters. The molecule has 0 aromatic heterocycles. The van der Waals surface area contributed by atoms with Gasteiger partial charge in [-0.15, -0.1) is 0 Å². The van der Waals surface area contributed by atoms with E-state index in [0.29, 0.717) is 16.5 Å². The Morgan fingerprint density at radius 1 is 1.04 bits per heavy atom. The monoisotopic (exact) mass is 364 g/mol. The molecule has 0 aliphatic carbocycles. The molecular formula is C18H18ClFN2O3. The minimum Gasteiger partial charge on any atom is -0.495 e. The third-order valence-electron chi connectivity index (χ3n) is 3.63. The third-order valence-corrected chi connectivity index (χ3v) is 3.92. The van der Waals surface area contributed by atoms with Crippen molar-refractivity contribution >= 4 is 34.8 Å². The van der Waals surface area contributed by atoms with Crippen molar-refractivity contribution in [2.24, 2.45) is 5.41 Å². The largest absolute Gasteiger partial charge is 0.495 e. The Morgan fingerprint density at radius 2 is 1.64 bits per heavy atom. The molecule has 0 aliphatic rings. The summed E-state index contributed by atoms with van der Waals surface area (Å²) in [6.07, 6.45) is 0. The molecule has 0 fully saturated rings.